The van der Waals surface area contributed by atoms with Crippen molar-refractivity contribution in [1.29, 1.82) is 0 Å². The Morgan fingerprint density at radius 1 is 1.28 bits per heavy atom. The summed E-state index contributed by atoms with van der Waals surface area (Å²) in [5, 5.41) is 20.8. The van der Waals surface area contributed by atoms with Gasteiger partial charge >= 0.3 is 0 Å². The summed E-state index contributed by atoms with van der Waals surface area (Å²) in [6, 6.07) is 7.98. The largest absolute Gasteiger partial charge is 0.497 e. The van der Waals surface area contributed by atoms with Gasteiger partial charge in [-0.05, 0) is 43.7 Å². The first kappa shape index (κ1) is 17.6. The zero-order valence-corrected chi connectivity index (χ0v) is 14.6. The standard InChI is InChI=1S/C18H25N5O2/c1-25-16-7-5-14(6-8-16)17-12-20-22-18(21-17)19-9-11-23-10-3-2-4-15(23)13-24/h5-8,12,15,24H,2-4,9-11,13H2,1H3,(H,19,21,22)/t15-/m0/s1. The second-order valence-electron chi connectivity index (χ2n) is 6.19. The van der Waals surface area contributed by atoms with E-state index in [1.807, 2.05) is 24.3 Å². The molecule has 1 saturated heterocycles. The molecule has 3 rings (SSSR count). The third-order valence-electron chi connectivity index (χ3n) is 4.59. The molecule has 0 bridgehead atoms. The van der Waals surface area contributed by atoms with E-state index in [2.05, 4.69) is 25.4 Å². The maximum absolute atomic E-state index is 9.47. The van der Waals surface area contributed by atoms with Crippen LogP contribution in [0.1, 0.15) is 19.3 Å². The van der Waals surface area contributed by atoms with Gasteiger partial charge < -0.3 is 15.2 Å². The highest BCUT2D eigenvalue weighted by Gasteiger charge is 2.20. The van der Waals surface area contributed by atoms with Gasteiger partial charge in [-0.3, -0.25) is 4.90 Å². The van der Waals surface area contributed by atoms with Crippen LogP contribution in [0.5, 0.6) is 5.75 Å². The van der Waals surface area contributed by atoms with Crippen LogP contribution in [-0.4, -0.2) is 64.6 Å². The van der Waals surface area contributed by atoms with Crippen molar-refractivity contribution in [3.63, 3.8) is 0 Å². The molecule has 7 heteroatoms. The Hall–Kier alpha value is -2.25. The van der Waals surface area contributed by atoms with E-state index in [0.29, 0.717) is 5.95 Å². The Morgan fingerprint density at radius 2 is 2.12 bits per heavy atom. The minimum atomic E-state index is 0.227. The molecule has 0 spiro atoms. The van der Waals surface area contributed by atoms with Crippen LogP contribution in [0.2, 0.25) is 0 Å². The van der Waals surface area contributed by atoms with Crippen LogP contribution in [0.4, 0.5) is 5.95 Å². The summed E-state index contributed by atoms with van der Waals surface area (Å²) in [5.74, 6) is 1.33. The van der Waals surface area contributed by atoms with Crippen LogP contribution in [0.15, 0.2) is 30.5 Å². The monoisotopic (exact) mass is 343 g/mol. The Balaban J connectivity index is 1.58. The minimum absolute atomic E-state index is 0.227. The molecule has 1 aliphatic rings. The zero-order valence-electron chi connectivity index (χ0n) is 14.6. The Labute approximate surface area is 148 Å². The topological polar surface area (TPSA) is 83.4 Å². The fraction of sp³-hybridized carbons (Fsp3) is 0.500. The molecule has 134 valence electrons. The van der Waals surface area contributed by atoms with E-state index in [4.69, 9.17) is 4.74 Å². The van der Waals surface area contributed by atoms with Crippen LogP contribution in [0.3, 0.4) is 0 Å². The van der Waals surface area contributed by atoms with Crippen molar-refractivity contribution < 1.29 is 9.84 Å². The molecular formula is C18H25N5O2. The maximum atomic E-state index is 9.47. The summed E-state index contributed by atoms with van der Waals surface area (Å²) in [4.78, 5) is 6.86. The highest BCUT2D eigenvalue weighted by atomic mass is 16.5. The van der Waals surface area contributed by atoms with E-state index >= 15 is 0 Å². The number of benzene rings is 1. The summed E-state index contributed by atoms with van der Waals surface area (Å²) < 4.78 is 5.17. The number of likely N-dealkylation sites (tertiary alicyclic amines) is 1. The van der Waals surface area contributed by atoms with Gasteiger partial charge in [-0.25, -0.2) is 4.98 Å². The first-order chi connectivity index (χ1) is 12.3. The number of nitrogens with zero attached hydrogens (tertiary/aromatic N) is 4. The average Bonchev–Trinajstić information content (AvgIpc) is 2.69. The molecule has 2 N–H and O–H groups in total. The lowest BCUT2D eigenvalue weighted by Crippen LogP contribution is -2.44. The lowest BCUT2D eigenvalue weighted by molar-refractivity contribution is 0.0939. The van der Waals surface area contributed by atoms with Gasteiger partial charge in [-0.1, -0.05) is 6.42 Å². The van der Waals surface area contributed by atoms with E-state index in [1.54, 1.807) is 13.3 Å². The molecule has 2 heterocycles. The van der Waals surface area contributed by atoms with Crippen molar-refractivity contribution >= 4 is 5.95 Å². The van der Waals surface area contributed by atoms with Crippen LogP contribution in [0, 0.1) is 0 Å². The number of aliphatic hydroxyl groups excluding tert-OH is 1. The van der Waals surface area contributed by atoms with Gasteiger partial charge in [-0.15, -0.1) is 5.10 Å². The quantitative estimate of drug-likeness (QED) is 0.793. The molecule has 1 aromatic carbocycles. The first-order valence-corrected chi connectivity index (χ1v) is 8.73. The van der Waals surface area contributed by atoms with Crippen molar-refractivity contribution in [3.8, 4) is 17.0 Å². The van der Waals surface area contributed by atoms with Gasteiger partial charge in [-0.2, -0.15) is 5.10 Å². The second kappa shape index (κ2) is 8.73. The number of anilines is 1. The Kier molecular flexibility index (Phi) is 6.14. The van der Waals surface area contributed by atoms with Crippen LogP contribution in [0.25, 0.3) is 11.3 Å². The summed E-state index contributed by atoms with van der Waals surface area (Å²) in [5.41, 5.74) is 1.74. The number of hydrogen-bond acceptors (Lipinski definition) is 7. The number of ether oxygens (including phenoxy) is 1. The molecule has 2 aromatic rings. The summed E-state index contributed by atoms with van der Waals surface area (Å²) in [6.45, 7) is 2.86. The number of nitrogens with one attached hydrogen (secondary N) is 1. The molecule has 1 aliphatic heterocycles. The lowest BCUT2D eigenvalue weighted by Gasteiger charge is -2.34. The molecule has 25 heavy (non-hydrogen) atoms. The first-order valence-electron chi connectivity index (χ1n) is 8.73. The van der Waals surface area contributed by atoms with Crippen molar-refractivity contribution in [3.05, 3.63) is 30.5 Å². The van der Waals surface area contributed by atoms with E-state index < -0.39 is 0 Å². The predicted octanol–water partition coefficient (Wildman–Crippen LogP) is 1.81. The summed E-state index contributed by atoms with van der Waals surface area (Å²) >= 11 is 0. The van der Waals surface area contributed by atoms with Crippen LogP contribution >= 0.6 is 0 Å². The summed E-state index contributed by atoms with van der Waals surface area (Å²) in [6.07, 6.45) is 5.12. The molecule has 1 aromatic heterocycles. The van der Waals surface area contributed by atoms with E-state index in [-0.39, 0.29) is 12.6 Å². The molecule has 0 aliphatic carbocycles. The van der Waals surface area contributed by atoms with Gasteiger partial charge in [0.25, 0.3) is 0 Å². The van der Waals surface area contributed by atoms with Crippen molar-refractivity contribution in [2.45, 2.75) is 25.3 Å². The van der Waals surface area contributed by atoms with Gasteiger partial charge in [0.05, 0.1) is 25.6 Å². The molecule has 1 fully saturated rings. The van der Waals surface area contributed by atoms with Gasteiger partial charge in [0.1, 0.15) is 5.75 Å². The normalized spacial score (nSPS) is 18.1. The molecule has 0 radical (unpaired) electrons. The number of hydrogen-bond donors (Lipinski definition) is 2. The van der Waals surface area contributed by atoms with Crippen LogP contribution < -0.4 is 10.1 Å². The summed E-state index contributed by atoms with van der Waals surface area (Å²) in [7, 11) is 1.65. The van der Waals surface area contributed by atoms with Crippen molar-refractivity contribution in [2.75, 3.05) is 38.7 Å². The van der Waals surface area contributed by atoms with Gasteiger partial charge in [0.2, 0.25) is 5.95 Å². The fourth-order valence-electron chi connectivity index (χ4n) is 3.15. The molecule has 0 saturated carbocycles. The number of methoxy groups -OCH3 is 1. The molecule has 0 amide bonds. The molecule has 7 nitrogen and oxygen atoms in total. The lowest BCUT2D eigenvalue weighted by atomic mass is 10.0. The van der Waals surface area contributed by atoms with Gasteiger partial charge in [0, 0.05) is 24.7 Å². The fourth-order valence-corrected chi connectivity index (χ4v) is 3.15. The maximum Gasteiger partial charge on any atom is 0.243 e. The number of aromatic nitrogens is 3. The van der Waals surface area contributed by atoms with Crippen LogP contribution in [-0.2, 0) is 0 Å². The van der Waals surface area contributed by atoms with E-state index in [1.165, 1.54) is 12.8 Å². The molecular weight excluding hydrogens is 318 g/mol. The SMILES string of the molecule is COc1ccc(-c2cnnc(NCCN3CCCC[C@H]3CO)n2)cc1. The third-order valence-corrected chi connectivity index (χ3v) is 4.59. The predicted molar refractivity (Wildman–Crippen MR) is 96.6 cm³/mol. The minimum Gasteiger partial charge on any atom is -0.497 e. The Bertz CT molecular complexity index is 665. The van der Waals surface area contributed by atoms with Crippen molar-refractivity contribution in [1.82, 2.24) is 20.1 Å². The molecule has 1 atom stereocenters. The molecule has 0 unspecified atom stereocenters. The number of aliphatic hydroxyl groups is 1. The van der Waals surface area contributed by atoms with E-state index in [9.17, 15) is 5.11 Å². The zero-order chi connectivity index (χ0) is 17.5. The number of rotatable bonds is 7. The average molecular weight is 343 g/mol. The smallest absolute Gasteiger partial charge is 0.243 e. The van der Waals surface area contributed by atoms with Gasteiger partial charge in [0.15, 0.2) is 0 Å². The number of piperidine rings is 1. The highest BCUT2D eigenvalue weighted by Crippen LogP contribution is 2.20. The van der Waals surface area contributed by atoms with Crippen molar-refractivity contribution in [2.24, 2.45) is 0 Å². The second-order valence-corrected chi connectivity index (χ2v) is 6.19. The highest BCUT2D eigenvalue weighted by molar-refractivity contribution is 5.60. The third kappa shape index (κ3) is 4.64. The van der Waals surface area contributed by atoms with E-state index in [0.717, 1.165) is 43.1 Å². The Morgan fingerprint density at radius 3 is 2.88 bits per heavy atom.